The molecule has 0 radical (unpaired) electrons. The number of rotatable bonds is 3. The number of nitrogens with zero attached hydrogens (tertiary/aromatic N) is 4. The Bertz CT molecular complexity index is 765. The molecule has 1 aromatic carbocycles. The fourth-order valence-electron chi connectivity index (χ4n) is 1.85. The molecule has 7 heteroatoms. The summed E-state index contributed by atoms with van der Waals surface area (Å²) in [7, 11) is 0. The summed E-state index contributed by atoms with van der Waals surface area (Å²) in [5.41, 5.74) is 2.85. The first kappa shape index (κ1) is 14.4. The summed E-state index contributed by atoms with van der Waals surface area (Å²) in [4.78, 5) is 10.5. The Morgan fingerprint density at radius 3 is 2.62 bits per heavy atom. The van der Waals surface area contributed by atoms with E-state index in [2.05, 4.69) is 21.6 Å². The molecule has 0 spiro atoms. The van der Waals surface area contributed by atoms with E-state index in [4.69, 9.17) is 0 Å². The number of hydrogen-bond donors (Lipinski definition) is 1. The van der Waals surface area contributed by atoms with Crippen LogP contribution in [0.1, 0.15) is 22.4 Å². The van der Waals surface area contributed by atoms with Crippen LogP contribution in [0.25, 0.3) is 0 Å². The SMILES string of the molecule is Cc1ccc(Nc2nnc(C)c(C)c2C#N)cc1[N+](=O)[O-]. The third-order valence-corrected chi connectivity index (χ3v) is 3.23. The number of benzene rings is 1. The number of nitro benzene ring substituents is 1. The molecule has 0 amide bonds. The molecule has 7 nitrogen and oxygen atoms in total. The molecule has 2 aromatic rings. The first-order chi connectivity index (χ1) is 9.93. The lowest BCUT2D eigenvalue weighted by Gasteiger charge is -2.10. The first-order valence-corrected chi connectivity index (χ1v) is 6.20. The Morgan fingerprint density at radius 2 is 2.00 bits per heavy atom. The second-order valence-corrected chi connectivity index (χ2v) is 4.63. The highest BCUT2D eigenvalue weighted by molar-refractivity contribution is 5.66. The lowest BCUT2D eigenvalue weighted by molar-refractivity contribution is -0.385. The van der Waals surface area contributed by atoms with E-state index in [-0.39, 0.29) is 5.69 Å². The second kappa shape index (κ2) is 5.54. The molecule has 2 rings (SSSR count). The van der Waals surface area contributed by atoms with Gasteiger partial charge in [-0.15, -0.1) is 5.10 Å². The molecule has 0 aliphatic carbocycles. The molecular formula is C14H13N5O2. The van der Waals surface area contributed by atoms with Gasteiger partial charge in [-0.3, -0.25) is 10.1 Å². The van der Waals surface area contributed by atoms with E-state index in [1.807, 2.05) is 0 Å². The predicted octanol–water partition coefficient (Wildman–Crippen LogP) is 2.93. The number of aryl methyl sites for hydroxylation is 2. The molecule has 1 heterocycles. The summed E-state index contributed by atoms with van der Waals surface area (Å²) in [5, 5.41) is 31.0. The zero-order valence-corrected chi connectivity index (χ0v) is 11.8. The molecule has 0 aliphatic heterocycles. The van der Waals surface area contributed by atoms with Crippen LogP contribution in [0.4, 0.5) is 17.2 Å². The van der Waals surface area contributed by atoms with Gasteiger partial charge in [0.15, 0.2) is 5.82 Å². The van der Waals surface area contributed by atoms with Crippen molar-refractivity contribution in [3.05, 3.63) is 50.7 Å². The number of nitrogens with one attached hydrogen (secondary N) is 1. The van der Waals surface area contributed by atoms with Gasteiger partial charge in [0, 0.05) is 17.3 Å². The van der Waals surface area contributed by atoms with Crippen molar-refractivity contribution in [3.8, 4) is 6.07 Å². The molecule has 0 saturated heterocycles. The maximum absolute atomic E-state index is 10.9. The quantitative estimate of drug-likeness (QED) is 0.685. The topological polar surface area (TPSA) is 105 Å². The van der Waals surface area contributed by atoms with Crippen LogP contribution >= 0.6 is 0 Å². The highest BCUT2D eigenvalue weighted by Gasteiger charge is 2.14. The van der Waals surface area contributed by atoms with E-state index in [0.29, 0.717) is 28.3 Å². The van der Waals surface area contributed by atoms with Crippen LogP contribution in [0, 0.1) is 42.2 Å². The maximum atomic E-state index is 10.9. The number of hydrogen-bond acceptors (Lipinski definition) is 6. The van der Waals surface area contributed by atoms with E-state index in [1.165, 1.54) is 6.07 Å². The summed E-state index contributed by atoms with van der Waals surface area (Å²) in [6.07, 6.45) is 0. The van der Waals surface area contributed by atoms with E-state index in [9.17, 15) is 15.4 Å². The van der Waals surface area contributed by atoms with Gasteiger partial charge in [0.1, 0.15) is 11.6 Å². The Kier molecular flexibility index (Phi) is 3.80. The summed E-state index contributed by atoms with van der Waals surface area (Å²) >= 11 is 0. The van der Waals surface area contributed by atoms with E-state index >= 15 is 0 Å². The average Bonchev–Trinajstić information content (AvgIpc) is 2.45. The number of nitro groups is 1. The summed E-state index contributed by atoms with van der Waals surface area (Å²) in [6.45, 7) is 5.22. The molecule has 1 N–H and O–H groups in total. The van der Waals surface area contributed by atoms with Crippen molar-refractivity contribution >= 4 is 17.2 Å². The van der Waals surface area contributed by atoms with Crippen molar-refractivity contribution in [1.82, 2.24) is 10.2 Å². The average molecular weight is 283 g/mol. The lowest BCUT2D eigenvalue weighted by Crippen LogP contribution is -2.04. The minimum atomic E-state index is -0.447. The second-order valence-electron chi connectivity index (χ2n) is 4.63. The lowest BCUT2D eigenvalue weighted by atomic mass is 10.1. The molecule has 0 unspecified atom stereocenters. The Balaban J connectivity index is 2.44. The Morgan fingerprint density at radius 1 is 1.29 bits per heavy atom. The maximum Gasteiger partial charge on any atom is 0.274 e. The smallest absolute Gasteiger partial charge is 0.274 e. The van der Waals surface area contributed by atoms with Gasteiger partial charge in [0.05, 0.1) is 10.6 Å². The molecule has 106 valence electrons. The number of aromatic nitrogens is 2. The van der Waals surface area contributed by atoms with Crippen molar-refractivity contribution in [2.24, 2.45) is 0 Å². The molecule has 0 aliphatic rings. The van der Waals surface area contributed by atoms with E-state index < -0.39 is 4.92 Å². The van der Waals surface area contributed by atoms with Crippen molar-refractivity contribution < 1.29 is 4.92 Å². The van der Waals surface area contributed by atoms with Gasteiger partial charge in [0.25, 0.3) is 5.69 Å². The van der Waals surface area contributed by atoms with Gasteiger partial charge >= 0.3 is 0 Å². The molecule has 0 atom stereocenters. The molecule has 21 heavy (non-hydrogen) atoms. The molecule has 0 bridgehead atoms. The fraction of sp³-hybridized carbons (Fsp3) is 0.214. The summed E-state index contributed by atoms with van der Waals surface area (Å²) in [5.74, 6) is 0.291. The third kappa shape index (κ3) is 2.79. The van der Waals surface area contributed by atoms with Gasteiger partial charge in [-0.05, 0) is 32.4 Å². The Labute approximate surface area is 121 Å². The van der Waals surface area contributed by atoms with Gasteiger partial charge in [-0.1, -0.05) is 6.07 Å². The largest absolute Gasteiger partial charge is 0.337 e. The van der Waals surface area contributed by atoms with Crippen LogP contribution < -0.4 is 5.32 Å². The van der Waals surface area contributed by atoms with Gasteiger partial charge < -0.3 is 5.32 Å². The van der Waals surface area contributed by atoms with Gasteiger partial charge in [-0.2, -0.15) is 10.4 Å². The van der Waals surface area contributed by atoms with Crippen LogP contribution in [-0.2, 0) is 0 Å². The third-order valence-electron chi connectivity index (χ3n) is 3.23. The zero-order valence-electron chi connectivity index (χ0n) is 11.8. The summed E-state index contributed by atoms with van der Waals surface area (Å²) < 4.78 is 0. The summed E-state index contributed by atoms with van der Waals surface area (Å²) in [6, 6.07) is 6.82. The zero-order chi connectivity index (χ0) is 15.6. The predicted molar refractivity (Wildman–Crippen MR) is 77.3 cm³/mol. The van der Waals surface area contributed by atoms with Gasteiger partial charge in [0.2, 0.25) is 0 Å². The highest BCUT2D eigenvalue weighted by Crippen LogP contribution is 2.26. The Hall–Kier alpha value is -3.01. The molecular weight excluding hydrogens is 270 g/mol. The molecule has 1 aromatic heterocycles. The van der Waals surface area contributed by atoms with Gasteiger partial charge in [-0.25, -0.2) is 0 Å². The van der Waals surface area contributed by atoms with Crippen LogP contribution in [0.3, 0.4) is 0 Å². The van der Waals surface area contributed by atoms with E-state index in [1.54, 1.807) is 32.9 Å². The van der Waals surface area contributed by atoms with E-state index in [0.717, 1.165) is 5.56 Å². The van der Waals surface area contributed by atoms with Crippen molar-refractivity contribution in [2.75, 3.05) is 5.32 Å². The van der Waals surface area contributed by atoms with Crippen LogP contribution in [0.15, 0.2) is 18.2 Å². The molecule has 0 fully saturated rings. The first-order valence-electron chi connectivity index (χ1n) is 6.20. The van der Waals surface area contributed by atoms with Crippen LogP contribution in [0.5, 0.6) is 0 Å². The van der Waals surface area contributed by atoms with Crippen LogP contribution in [-0.4, -0.2) is 15.1 Å². The monoisotopic (exact) mass is 283 g/mol. The fourth-order valence-corrected chi connectivity index (χ4v) is 1.85. The minimum Gasteiger partial charge on any atom is -0.337 e. The normalized spacial score (nSPS) is 10.0. The number of anilines is 2. The van der Waals surface area contributed by atoms with Crippen molar-refractivity contribution in [3.63, 3.8) is 0 Å². The molecule has 0 saturated carbocycles. The number of nitriles is 1. The van der Waals surface area contributed by atoms with Crippen molar-refractivity contribution in [1.29, 1.82) is 5.26 Å². The minimum absolute atomic E-state index is 0.00954. The van der Waals surface area contributed by atoms with Crippen LogP contribution in [0.2, 0.25) is 0 Å². The highest BCUT2D eigenvalue weighted by atomic mass is 16.6. The van der Waals surface area contributed by atoms with Crippen molar-refractivity contribution in [2.45, 2.75) is 20.8 Å². The standard InChI is InChI=1S/C14H13N5O2/c1-8-4-5-11(6-13(8)19(20)21)16-14-12(7-15)9(2)10(3)17-18-14/h4-6H,1-3H3,(H,16,18).